The maximum Gasteiger partial charge on any atom is 2.00 e. The van der Waals surface area contributed by atoms with Crippen LogP contribution in [-0.4, -0.2) is 82.5 Å². The van der Waals surface area contributed by atoms with Crippen molar-refractivity contribution in [3.63, 3.8) is 0 Å². The van der Waals surface area contributed by atoms with Crippen LogP contribution in [-0.2, 0) is 7.64 Å². The molecule has 0 aliphatic rings. The SMILES string of the molecule is O=C(O[Se]OC(=O)c1ccccn1)c1ccccn1.O=C([O-])c1ccccn1.O=C([O-])c1ccccn1.[Mg+2]. The zero-order valence-corrected chi connectivity index (χ0v) is 22.5. The maximum absolute atomic E-state index is 11.5. The Hall–Kier alpha value is -4.23. The van der Waals surface area contributed by atoms with Crippen molar-refractivity contribution in [3.05, 3.63) is 120 Å². The van der Waals surface area contributed by atoms with Gasteiger partial charge in [0.1, 0.15) is 0 Å². The molecule has 0 fully saturated rings. The van der Waals surface area contributed by atoms with E-state index in [0.29, 0.717) is 0 Å². The summed E-state index contributed by atoms with van der Waals surface area (Å²) in [4.78, 5) is 57.7. The van der Waals surface area contributed by atoms with Gasteiger partial charge >= 0.3 is 138 Å². The average molecular weight is 592 g/mol. The molecular formula is C24H16MgN4O8Se. The van der Waals surface area contributed by atoms with E-state index in [0.717, 1.165) is 0 Å². The zero-order valence-electron chi connectivity index (χ0n) is 19.4. The van der Waals surface area contributed by atoms with Gasteiger partial charge in [-0.05, 0) is 24.3 Å². The molecule has 0 aromatic carbocycles. The van der Waals surface area contributed by atoms with Gasteiger partial charge in [0.2, 0.25) is 0 Å². The molecule has 0 atom stereocenters. The Kier molecular flexibility index (Phi) is 15.1. The molecule has 0 saturated carbocycles. The molecule has 0 spiro atoms. The molecule has 12 nitrogen and oxygen atoms in total. The van der Waals surface area contributed by atoms with Crippen LogP contribution < -0.4 is 10.2 Å². The van der Waals surface area contributed by atoms with Crippen LogP contribution in [0.5, 0.6) is 0 Å². The monoisotopic (exact) mass is 592 g/mol. The van der Waals surface area contributed by atoms with Gasteiger partial charge in [-0.1, -0.05) is 12.1 Å². The standard InChI is InChI=1S/C12H8N2O4Se.2C6H5NO2.Mg/c15-11(9-5-1-3-7-13-9)17-19-18-12(16)10-6-2-4-8-14-10;2*8-6(9)5-3-1-2-4-7-5;/h1-8H;2*1-4H,(H,8,9);/q;;;+2/p-2. The molecule has 14 heteroatoms. The van der Waals surface area contributed by atoms with Gasteiger partial charge < -0.3 is 19.8 Å². The van der Waals surface area contributed by atoms with E-state index in [-0.39, 0.29) is 45.8 Å². The molecule has 4 aromatic heterocycles. The molecule has 4 aromatic rings. The minimum Gasteiger partial charge on any atom is -0.543 e. The second-order valence-electron chi connectivity index (χ2n) is 6.24. The van der Waals surface area contributed by atoms with E-state index >= 15 is 0 Å². The summed E-state index contributed by atoms with van der Waals surface area (Å²) >= 11 is -1.05. The van der Waals surface area contributed by atoms with Crippen LogP contribution in [0.25, 0.3) is 0 Å². The van der Waals surface area contributed by atoms with Crippen molar-refractivity contribution in [1.82, 2.24) is 19.9 Å². The summed E-state index contributed by atoms with van der Waals surface area (Å²) in [7, 11) is 0. The Morgan fingerprint density at radius 1 is 0.526 bits per heavy atom. The predicted molar refractivity (Wildman–Crippen MR) is 128 cm³/mol. The van der Waals surface area contributed by atoms with Gasteiger partial charge in [0, 0.05) is 12.4 Å². The summed E-state index contributed by atoms with van der Waals surface area (Å²) < 4.78 is 9.62. The smallest absolute Gasteiger partial charge is 0.543 e. The topological polar surface area (TPSA) is 184 Å². The molecule has 0 saturated heterocycles. The molecule has 0 aliphatic carbocycles. The van der Waals surface area contributed by atoms with E-state index in [9.17, 15) is 29.4 Å². The molecule has 0 unspecified atom stereocenters. The first-order valence-electron chi connectivity index (χ1n) is 10.0. The van der Waals surface area contributed by atoms with Crippen LogP contribution in [0.2, 0.25) is 0 Å². The third kappa shape index (κ3) is 12.1. The van der Waals surface area contributed by atoms with Gasteiger partial charge in [0.15, 0.2) is 0 Å². The van der Waals surface area contributed by atoms with Crippen molar-refractivity contribution >= 4 is 62.5 Å². The number of hydrogen-bond acceptors (Lipinski definition) is 12. The fraction of sp³-hybridized carbons (Fsp3) is 0. The zero-order chi connectivity index (χ0) is 26.9. The number of rotatable bonds is 6. The Balaban J connectivity index is 0.000000318. The van der Waals surface area contributed by atoms with Crippen molar-refractivity contribution in [1.29, 1.82) is 0 Å². The summed E-state index contributed by atoms with van der Waals surface area (Å²) in [5.74, 6) is -3.74. The van der Waals surface area contributed by atoms with Gasteiger partial charge in [-0.15, -0.1) is 0 Å². The molecule has 0 radical (unpaired) electrons. The van der Waals surface area contributed by atoms with E-state index in [1.165, 1.54) is 49.1 Å². The van der Waals surface area contributed by atoms with Crippen molar-refractivity contribution in [3.8, 4) is 0 Å². The van der Waals surface area contributed by atoms with Crippen molar-refractivity contribution in [2.75, 3.05) is 0 Å². The van der Waals surface area contributed by atoms with E-state index in [2.05, 4.69) is 19.9 Å². The number of aromatic carboxylic acids is 2. The number of carbonyl (C=O) groups is 4. The molecule has 188 valence electrons. The molecule has 0 amide bonds. The van der Waals surface area contributed by atoms with Gasteiger partial charge in [-0.2, -0.15) is 0 Å². The summed E-state index contributed by atoms with van der Waals surface area (Å²) in [6.45, 7) is 0. The van der Waals surface area contributed by atoms with E-state index in [4.69, 9.17) is 7.64 Å². The summed E-state index contributed by atoms with van der Waals surface area (Å²) in [6, 6.07) is 19.0. The molecule has 38 heavy (non-hydrogen) atoms. The van der Waals surface area contributed by atoms with Gasteiger partial charge in [-0.3, -0.25) is 9.97 Å². The number of hydrogen-bond donors (Lipinski definition) is 0. The number of carboxylic acids is 2. The second kappa shape index (κ2) is 18.1. The van der Waals surface area contributed by atoms with E-state index < -0.39 is 39.5 Å². The van der Waals surface area contributed by atoms with Crippen LogP contribution in [0.15, 0.2) is 97.6 Å². The number of carbonyl (C=O) groups excluding carboxylic acids is 4. The van der Waals surface area contributed by atoms with Crippen molar-refractivity contribution in [2.24, 2.45) is 0 Å². The van der Waals surface area contributed by atoms with Crippen LogP contribution in [0, 0.1) is 0 Å². The minimum absolute atomic E-state index is 0. The van der Waals surface area contributed by atoms with Crippen molar-refractivity contribution < 1.29 is 37.0 Å². The number of pyridine rings is 4. The molecule has 0 bridgehead atoms. The first kappa shape index (κ1) is 31.8. The first-order valence-corrected chi connectivity index (χ1v) is 11.4. The average Bonchev–Trinajstić information content (AvgIpc) is 2.95. The molecule has 4 heterocycles. The second-order valence-corrected chi connectivity index (χ2v) is 7.23. The maximum atomic E-state index is 11.5. The number of carboxylic acid groups (broad SMARTS) is 2. The predicted octanol–water partition coefficient (Wildman–Crippen LogP) is -0.466. The quantitative estimate of drug-likeness (QED) is 0.263. The summed E-state index contributed by atoms with van der Waals surface area (Å²) in [5, 5.41) is 20.1. The molecule has 0 aliphatic heterocycles. The number of nitrogens with zero attached hydrogens (tertiary/aromatic N) is 4. The molecular weight excluding hydrogens is 576 g/mol. The van der Waals surface area contributed by atoms with Crippen molar-refractivity contribution in [2.45, 2.75) is 0 Å². The van der Waals surface area contributed by atoms with E-state index in [1.54, 1.807) is 48.5 Å². The molecule has 0 N–H and O–H groups in total. The summed E-state index contributed by atoms with van der Waals surface area (Å²) in [5.41, 5.74) is 0.270. The first-order chi connectivity index (χ1) is 17.9. The normalized spacial score (nSPS) is 9.05. The third-order valence-corrected chi connectivity index (χ3v) is 4.64. The fourth-order valence-electron chi connectivity index (χ4n) is 2.10. The van der Waals surface area contributed by atoms with E-state index in [1.807, 2.05) is 0 Å². The minimum atomic E-state index is -1.24. The Labute approximate surface area is 239 Å². The van der Waals surface area contributed by atoms with Crippen LogP contribution in [0.1, 0.15) is 42.0 Å². The molecule has 4 rings (SSSR count). The Bertz CT molecular complexity index is 1190. The number of aromatic nitrogens is 4. The van der Waals surface area contributed by atoms with Gasteiger partial charge in [0.25, 0.3) is 0 Å². The Morgan fingerprint density at radius 2 is 0.816 bits per heavy atom. The van der Waals surface area contributed by atoms with Crippen LogP contribution in [0.4, 0.5) is 0 Å². The fourth-order valence-corrected chi connectivity index (χ4v) is 2.79. The largest absolute Gasteiger partial charge is 2.00 e. The summed E-state index contributed by atoms with van der Waals surface area (Å²) in [6.07, 6.45) is 5.77. The van der Waals surface area contributed by atoms with Gasteiger partial charge in [-0.25, -0.2) is 0 Å². The van der Waals surface area contributed by atoms with Gasteiger partial charge in [0.05, 0.1) is 23.3 Å². The Morgan fingerprint density at radius 3 is 1.03 bits per heavy atom. The third-order valence-electron chi connectivity index (χ3n) is 3.72. The van der Waals surface area contributed by atoms with Crippen LogP contribution >= 0.6 is 0 Å². The van der Waals surface area contributed by atoms with Crippen LogP contribution in [0.3, 0.4) is 0 Å².